The van der Waals surface area contributed by atoms with E-state index in [1.54, 1.807) is 20.8 Å². The Morgan fingerprint density at radius 3 is 2.11 bits per heavy atom. The molecule has 0 fully saturated rings. The van der Waals surface area contributed by atoms with E-state index >= 15 is 0 Å². The molecule has 0 spiro atoms. The molecule has 0 rings (SSSR count). The molecule has 0 heterocycles. The minimum absolute atomic E-state index is 0.173. The smallest absolute Gasteiger partial charge is 0.409 e. The molecule has 0 aromatic carbocycles. The molecule has 0 aromatic rings. The van der Waals surface area contributed by atoms with E-state index in [2.05, 4.69) is 5.32 Å². The Morgan fingerprint density at radius 1 is 1.28 bits per heavy atom. The molecular weight excluding hydrogens is 258 g/mol. The molecule has 7 heteroatoms. The number of hydrogen-bond donors (Lipinski definition) is 1. The molecule has 0 saturated heterocycles. The van der Waals surface area contributed by atoms with Gasteiger partial charge in [0.1, 0.15) is 5.60 Å². The number of carbonyl (C=O) groups is 1. The molecule has 1 atom stereocenters. The van der Waals surface area contributed by atoms with E-state index in [1.807, 2.05) is 13.8 Å². The standard InChI is InChI=1S/C11H23NO5S/c1-8(2)7-9(17-18(6,14)15)12-10(13)16-11(3,4)5/h8-9H,7H2,1-6H3,(H,12,13)/t9-/m0/s1. The van der Waals surface area contributed by atoms with E-state index in [0.717, 1.165) is 6.26 Å². The first-order chi connectivity index (χ1) is 7.89. The molecule has 0 aliphatic heterocycles. The van der Waals surface area contributed by atoms with Crippen molar-refractivity contribution < 1.29 is 22.1 Å². The maximum atomic E-state index is 11.5. The summed E-state index contributed by atoms with van der Waals surface area (Å²) in [5, 5.41) is 2.40. The SMILES string of the molecule is CC(C)C[C@@H](NC(=O)OC(C)(C)C)OS(C)(=O)=O. The van der Waals surface area contributed by atoms with Crippen LogP contribution < -0.4 is 5.32 Å². The van der Waals surface area contributed by atoms with Crippen LogP contribution in [0.2, 0.25) is 0 Å². The Hall–Kier alpha value is -0.820. The maximum absolute atomic E-state index is 11.5. The Kier molecular flexibility index (Phi) is 6.09. The molecule has 0 unspecified atom stereocenters. The van der Waals surface area contributed by atoms with Gasteiger partial charge in [-0.1, -0.05) is 13.8 Å². The average Bonchev–Trinajstić information content (AvgIpc) is 1.92. The number of alkyl carbamates (subject to hydrolysis) is 1. The molecular formula is C11H23NO5S. The molecule has 108 valence electrons. The van der Waals surface area contributed by atoms with Gasteiger partial charge in [0.05, 0.1) is 6.26 Å². The predicted molar refractivity (Wildman–Crippen MR) is 68.5 cm³/mol. The third-order valence-electron chi connectivity index (χ3n) is 1.65. The van der Waals surface area contributed by atoms with Crippen LogP contribution in [0.15, 0.2) is 0 Å². The number of hydrogen-bond acceptors (Lipinski definition) is 5. The third kappa shape index (κ3) is 10.3. The molecule has 0 aromatic heterocycles. The van der Waals surface area contributed by atoms with Crippen molar-refractivity contribution in [2.75, 3.05) is 6.26 Å². The first kappa shape index (κ1) is 17.2. The van der Waals surface area contributed by atoms with Crippen molar-refractivity contribution in [3.05, 3.63) is 0 Å². The number of nitrogens with one attached hydrogen (secondary N) is 1. The van der Waals surface area contributed by atoms with E-state index < -0.39 is 28.0 Å². The minimum atomic E-state index is -3.63. The predicted octanol–water partition coefficient (Wildman–Crippen LogP) is 1.86. The van der Waals surface area contributed by atoms with E-state index in [9.17, 15) is 13.2 Å². The van der Waals surface area contributed by atoms with Crippen LogP contribution in [0.3, 0.4) is 0 Å². The second-order valence-corrected chi connectivity index (χ2v) is 7.17. The summed E-state index contributed by atoms with van der Waals surface area (Å²) in [6.45, 7) is 8.97. The average molecular weight is 281 g/mol. The zero-order chi connectivity index (χ0) is 14.6. The van der Waals surface area contributed by atoms with Gasteiger partial charge in [0, 0.05) is 0 Å². The normalized spacial score (nSPS) is 14.4. The van der Waals surface area contributed by atoms with Crippen molar-refractivity contribution in [1.82, 2.24) is 5.32 Å². The van der Waals surface area contributed by atoms with Crippen LogP contribution in [0, 0.1) is 5.92 Å². The van der Waals surface area contributed by atoms with Crippen LogP contribution in [0.5, 0.6) is 0 Å². The lowest BCUT2D eigenvalue weighted by molar-refractivity contribution is 0.0380. The summed E-state index contributed by atoms with van der Waals surface area (Å²) in [5.41, 5.74) is -0.641. The van der Waals surface area contributed by atoms with Crippen LogP contribution in [0.4, 0.5) is 4.79 Å². The van der Waals surface area contributed by atoms with Crippen molar-refractivity contribution >= 4 is 16.2 Å². The van der Waals surface area contributed by atoms with E-state index in [-0.39, 0.29) is 5.92 Å². The molecule has 1 N–H and O–H groups in total. The summed E-state index contributed by atoms with van der Waals surface area (Å²) >= 11 is 0. The highest BCUT2D eigenvalue weighted by molar-refractivity contribution is 7.86. The fourth-order valence-corrected chi connectivity index (χ4v) is 1.75. The van der Waals surface area contributed by atoms with Crippen molar-refractivity contribution in [2.45, 2.75) is 52.9 Å². The summed E-state index contributed by atoms with van der Waals surface area (Å²) in [6.07, 6.45) is -0.282. The lowest BCUT2D eigenvalue weighted by Crippen LogP contribution is -2.42. The van der Waals surface area contributed by atoms with Gasteiger partial charge in [-0.15, -0.1) is 0 Å². The highest BCUT2D eigenvalue weighted by Crippen LogP contribution is 2.11. The van der Waals surface area contributed by atoms with E-state index in [4.69, 9.17) is 8.92 Å². The van der Waals surface area contributed by atoms with E-state index in [0.29, 0.717) is 6.42 Å². The van der Waals surface area contributed by atoms with Gasteiger partial charge in [-0.3, -0.25) is 5.32 Å². The maximum Gasteiger partial charge on any atom is 0.409 e. The number of ether oxygens (including phenoxy) is 1. The van der Waals surface area contributed by atoms with Gasteiger partial charge in [-0.25, -0.2) is 8.98 Å². The number of carbonyl (C=O) groups excluding carboxylic acids is 1. The van der Waals surface area contributed by atoms with Gasteiger partial charge in [-0.05, 0) is 33.1 Å². The molecule has 0 aliphatic rings. The number of rotatable bonds is 5. The second kappa shape index (κ2) is 6.38. The van der Waals surface area contributed by atoms with Crippen LogP contribution in [0.1, 0.15) is 41.0 Å². The fraction of sp³-hybridized carbons (Fsp3) is 0.909. The van der Waals surface area contributed by atoms with Crippen molar-refractivity contribution in [2.24, 2.45) is 5.92 Å². The summed E-state index contributed by atoms with van der Waals surface area (Å²) in [5.74, 6) is 0.173. The van der Waals surface area contributed by atoms with Gasteiger partial charge >= 0.3 is 6.09 Å². The van der Waals surface area contributed by atoms with E-state index in [1.165, 1.54) is 0 Å². The van der Waals surface area contributed by atoms with Crippen molar-refractivity contribution in [3.8, 4) is 0 Å². The Balaban J connectivity index is 4.55. The monoisotopic (exact) mass is 281 g/mol. The minimum Gasteiger partial charge on any atom is -0.444 e. The molecule has 0 radical (unpaired) electrons. The molecule has 6 nitrogen and oxygen atoms in total. The highest BCUT2D eigenvalue weighted by atomic mass is 32.2. The summed E-state index contributed by atoms with van der Waals surface area (Å²) in [7, 11) is -3.63. The van der Waals surface area contributed by atoms with Crippen LogP contribution in [-0.4, -0.2) is 32.6 Å². The van der Waals surface area contributed by atoms with Gasteiger partial charge in [0.15, 0.2) is 6.23 Å². The largest absolute Gasteiger partial charge is 0.444 e. The first-order valence-corrected chi connectivity index (χ1v) is 7.58. The first-order valence-electron chi connectivity index (χ1n) is 5.77. The number of amides is 1. The Morgan fingerprint density at radius 2 is 1.78 bits per heavy atom. The lowest BCUT2D eigenvalue weighted by atomic mass is 10.1. The molecule has 0 bridgehead atoms. The zero-order valence-corrected chi connectivity index (χ0v) is 12.6. The second-order valence-electron chi connectivity index (χ2n) is 5.56. The molecule has 0 saturated carbocycles. The molecule has 18 heavy (non-hydrogen) atoms. The topological polar surface area (TPSA) is 81.7 Å². The molecule has 1 amide bonds. The van der Waals surface area contributed by atoms with Crippen LogP contribution in [0.25, 0.3) is 0 Å². The summed E-state index contributed by atoms with van der Waals surface area (Å²) in [4.78, 5) is 11.5. The fourth-order valence-electron chi connectivity index (χ4n) is 1.20. The van der Waals surface area contributed by atoms with Gasteiger partial charge in [-0.2, -0.15) is 8.42 Å². The summed E-state index contributed by atoms with van der Waals surface area (Å²) < 4.78 is 32.0. The molecule has 0 aliphatic carbocycles. The van der Waals surface area contributed by atoms with Gasteiger partial charge in [0.25, 0.3) is 10.1 Å². The quantitative estimate of drug-likeness (QED) is 0.614. The van der Waals surface area contributed by atoms with Gasteiger partial charge in [0.2, 0.25) is 0 Å². The zero-order valence-electron chi connectivity index (χ0n) is 11.8. The van der Waals surface area contributed by atoms with Crippen LogP contribution >= 0.6 is 0 Å². The Labute approximate surface area is 109 Å². The highest BCUT2D eigenvalue weighted by Gasteiger charge is 2.23. The Bertz CT molecular complexity index is 369. The van der Waals surface area contributed by atoms with Crippen molar-refractivity contribution in [3.63, 3.8) is 0 Å². The summed E-state index contributed by atoms with van der Waals surface area (Å²) in [6, 6.07) is 0. The van der Waals surface area contributed by atoms with Crippen molar-refractivity contribution in [1.29, 1.82) is 0 Å². The van der Waals surface area contributed by atoms with Crippen LogP contribution in [-0.2, 0) is 19.0 Å². The third-order valence-corrected chi connectivity index (χ3v) is 2.24. The van der Waals surface area contributed by atoms with Gasteiger partial charge < -0.3 is 4.74 Å². The lowest BCUT2D eigenvalue weighted by Gasteiger charge is -2.23.